The summed E-state index contributed by atoms with van der Waals surface area (Å²) in [5, 5.41) is 15.2. The lowest BCUT2D eigenvalue weighted by Crippen LogP contribution is -1.98. The zero-order valence-corrected chi connectivity index (χ0v) is 10.1. The summed E-state index contributed by atoms with van der Waals surface area (Å²) in [5.74, 6) is 0. The molecule has 0 saturated heterocycles. The Morgan fingerprint density at radius 3 is 2.50 bits per heavy atom. The normalized spacial score (nSPS) is 10.4. The van der Waals surface area contributed by atoms with Gasteiger partial charge in [-0.25, -0.2) is 4.98 Å². The molecule has 0 spiro atoms. The van der Waals surface area contributed by atoms with Crippen LogP contribution in [0.25, 0.3) is 0 Å². The van der Waals surface area contributed by atoms with Gasteiger partial charge in [0, 0.05) is 11.9 Å². The molecule has 5 heteroatoms. The van der Waals surface area contributed by atoms with Gasteiger partial charge in [-0.05, 0) is 11.1 Å². The van der Waals surface area contributed by atoms with E-state index in [1.54, 1.807) is 5.38 Å². The molecular formula is C11H11ClN2OS. The molecule has 0 fully saturated rings. The second kappa shape index (κ2) is 5.30. The fourth-order valence-electron chi connectivity index (χ4n) is 1.28. The number of halogens is 1. The number of benzene rings is 1. The van der Waals surface area contributed by atoms with Gasteiger partial charge >= 0.3 is 0 Å². The standard InChI is InChI=1S/C11H11ClN2OS/c12-10-7-16-11(14-10)13-5-8-1-3-9(6-15)4-2-8/h1-4,7,15H,5-6H2,(H,13,14). The number of hydrogen-bond donors (Lipinski definition) is 2. The Kier molecular flexibility index (Phi) is 3.77. The van der Waals surface area contributed by atoms with Crippen LogP contribution < -0.4 is 5.32 Å². The molecular weight excluding hydrogens is 244 g/mol. The summed E-state index contributed by atoms with van der Waals surface area (Å²) in [4.78, 5) is 4.09. The summed E-state index contributed by atoms with van der Waals surface area (Å²) in [6.45, 7) is 0.783. The summed E-state index contributed by atoms with van der Waals surface area (Å²) in [7, 11) is 0. The Morgan fingerprint density at radius 2 is 1.94 bits per heavy atom. The highest BCUT2D eigenvalue weighted by molar-refractivity contribution is 7.14. The predicted octanol–water partition coefficient (Wildman–Crippen LogP) is 2.90. The highest BCUT2D eigenvalue weighted by Gasteiger charge is 1.99. The van der Waals surface area contributed by atoms with Crippen LogP contribution in [-0.2, 0) is 13.2 Å². The summed E-state index contributed by atoms with van der Waals surface area (Å²) in [6.07, 6.45) is 0. The number of aliphatic hydroxyl groups is 1. The number of rotatable bonds is 4. The van der Waals surface area contributed by atoms with Gasteiger partial charge in [0.1, 0.15) is 5.15 Å². The van der Waals surface area contributed by atoms with Crippen molar-refractivity contribution in [3.63, 3.8) is 0 Å². The van der Waals surface area contributed by atoms with Gasteiger partial charge in [-0.15, -0.1) is 11.3 Å². The van der Waals surface area contributed by atoms with Crippen molar-refractivity contribution in [3.05, 3.63) is 45.9 Å². The number of hydrogen-bond acceptors (Lipinski definition) is 4. The van der Waals surface area contributed by atoms with Gasteiger partial charge in [-0.2, -0.15) is 0 Å². The smallest absolute Gasteiger partial charge is 0.184 e. The first-order valence-corrected chi connectivity index (χ1v) is 6.07. The first-order chi connectivity index (χ1) is 7.78. The summed E-state index contributed by atoms with van der Waals surface area (Å²) in [6, 6.07) is 7.78. The molecule has 1 heterocycles. The van der Waals surface area contributed by atoms with E-state index in [1.165, 1.54) is 11.3 Å². The molecule has 1 aromatic heterocycles. The summed E-state index contributed by atoms with van der Waals surface area (Å²) in [5.41, 5.74) is 2.06. The average molecular weight is 255 g/mol. The van der Waals surface area contributed by atoms with Gasteiger partial charge in [0.25, 0.3) is 0 Å². The molecule has 2 rings (SSSR count). The molecule has 0 radical (unpaired) electrons. The molecule has 0 amide bonds. The largest absolute Gasteiger partial charge is 0.392 e. The van der Waals surface area contributed by atoms with Crippen LogP contribution in [0.1, 0.15) is 11.1 Å². The van der Waals surface area contributed by atoms with Crippen molar-refractivity contribution in [2.24, 2.45) is 0 Å². The van der Waals surface area contributed by atoms with Crippen molar-refractivity contribution >= 4 is 28.1 Å². The third-order valence-electron chi connectivity index (χ3n) is 2.13. The van der Waals surface area contributed by atoms with E-state index in [9.17, 15) is 0 Å². The van der Waals surface area contributed by atoms with Crippen LogP contribution >= 0.6 is 22.9 Å². The Bertz CT molecular complexity index is 455. The fourth-order valence-corrected chi connectivity index (χ4v) is 2.11. The van der Waals surface area contributed by atoms with Gasteiger partial charge < -0.3 is 10.4 Å². The molecule has 0 unspecified atom stereocenters. The van der Waals surface area contributed by atoms with Crippen molar-refractivity contribution < 1.29 is 5.11 Å². The maximum atomic E-state index is 8.90. The van der Waals surface area contributed by atoms with E-state index >= 15 is 0 Å². The van der Waals surface area contributed by atoms with Crippen molar-refractivity contribution in [2.75, 3.05) is 5.32 Å². The first-order valence-electron chi connectivity index (χ1n) is 4.81. The minimum absolute atomic E-state index is 0.0792. The number of nitrogens with one attached hydrogen (secondary N) is 1. The monoisotopic (exact) mass is 254 g/mol. The fraction of sp³-hybridized carbons (Fsp3) is 0.182. The number of anilines is 1. The number of thiazole rings is 1. The van der Waals surface area contributed by atoms with Crippen LogP contribution in [0.5, 0.6) is 0 Å². The van der Waals surface area contributed by atoms with E-state index in [2.05, 4.69) is 10.3 Å². The molecule has 0 aliphatic carbocycles. The van der Waals surface area contributed by atoms with E-state index in [1.807, 2.05) is 24.3 Å². The number of nitrogens with zero attached hydrogens (tertiary/aromatic N) is 1. The third-order valence-corrected chi connectivity index (χ3v) is 3.25. The van der Waals surface area contributed by atoms with E-state index in [-0.39, 0.29) is 6.61 Å². The Morgan fingerprint density at radius 1 is 1.25 bits per heavy atom. The molecule has 1 aromatic carbocycles. The molecule has 2 aromatic rings. The minimum Gasteiger partial charge on any atom is -0.392 e. The van der Waals surface area contributed by atoms with Crippen LogP contribution in [0.15, 0.2) is 29.6 Å². The maximum absolute atomic E-state index is 8.90. The molecule has 0 aliphatic heterocycles. The lowest BCUT2D eigenvalue weighted by Gasteiger charge is -2.03. The molecule has 16 heavy (non-hydrogen) atoms. The van der Waals surface area contributed by atoms with E-state index in [0.29, 0.717) is 11.7 Å². The molecule has 0 bridgehead atoms. The van der Waals surface area contributed by atoms with Gasteiger partial charge in [-0.1, -0.05) is 35.9 Å². The van der Waals surface area contributed by atoms with Crippen LogP contribution in [0.2, 0.25) is 5.15 Å². The zero-order valence-electron chi connectivity index (χ0n) is 8.48. The van der Waals surface area contributed by atoms with Gasteiger partial charge in [0.05, 0.1) is 6.61 Å². The topological polar surface area (TPSA) is 45.1 Å². The van der Waals surface area contributed by atoms with E-state index in [4.69, 9.17) is 16.7 Å². The van der Waals surface area contributed by atoms with Crippen molar-refractivity contribution in [1.82, 2.24) is 4.98 Å². The van der Waals surface area contributed by atoms with E-state index in [0.717, 1.165) is 16.3 Å². The SMILES string of the molecule is OCc1ccc(CNc2nc(Cl)cs2)cc1. The Hall–Kier alpha value is -1.10. The molecule has 84 valence electrons. The molecule has 0 saturated carbocycles. The second-order valence-corrected chi connectivity index (χ2v) is 4.55. The molecule has 0 aliphatic rings. The highest BCUT2D eigenvalue weighted by Crippen LogP contribution is 2.19. The number of aromatic nitrogens is 1. The molecule has 2 N–H and O–H groups in total. The first kappa shape index (κ1) is 11.4. The minimum atomic E-state index is 0.0792. The summed E-state index contributed by atoms with van der Waals surface area (Å²) >= 11 is 7.20. The average Bonchev–Trinajstić information content (AvgIpc) is 2.73. The van der Waals surface area contributed by atoms with Crippen LogP contribution in [0.4, 0.5) is 5.13 Å². The Labute approximate surface area is 103 Å². The number of aliphatic hydroxyl groups excluding tert-OH is 1. The van der Waals surface area contributed by atoms with Crippen molar-refractivity contribution in [2.45, 2.75) is 13.2 Å². The van der Waals surface area contributed by atoms with Crippen LogP contribution in [0.3, 0.4) is 0 Å². The third kappa shape index (κ3) is 2.95. The van der Waals surface area contributed by atoms with Gasteiger partial charge in [-0.3, -0.25) is 0 Å². The van der Waals surface area contributed by atoms with Crippen molar-refractivity contribution in [1.29, 1.82) is 0 Å². The van der Waals surface area contributed by atoms with Gasteiger partial charge in [0.2, 0.25) is 0 Å². The van der Waals surface area contributed by atoms with Gasteiger partial charge in [0.15, 0.2) is 5.13 Å². The predicted molar refractivity (Wildman–Crippen MR) is 66.8 cm³/mol. The van der Waals surface area contributed by atoms with Crippen molar-refractivity contribution in [3.8, 4) is 0 Å². The highest BCUT2D eigenvalue weighted by atomic mass is 35.5. The lowest BCUT2D eigenvalue weighted by molar-refractivity contribution is 0.282. The summed E-state index contributed by atoms with van der Waals surface area (Å²) < 4.78 is 0. The van der Waals surface area contributed by atoms with Crippen LogP contribution in [0, 0.1) is 0 Å². The lowest BCUT2D eigenvalue weighted by atomic mass is 10.1. The van der Waals surface area contributed by atoms with Crippen LogP contribution in [-0.4, -0.2) is 10.1 Å². The van der Waals surface area contributed by atoms with E-state index < -0.39 is 0 Å². The molecule has 0 atom stereocenters. The zero-order chi connectivity index (χ0) is 11.4. The second-order valence-electron chi connectivity index (χ2n) is 3.30. The molecule has 3 nitrogen and oxygen atoms in total. The Balaban J connectivity index is 1.94. The maximum Gasteiger partial charge on any atom is 0.184 e. The quantitative estimate of drug-likeness (QED) is 0.882.